The van der Waals surface area contributed by atoms with Crippen molar-refractivity contribution in [1.82, 2.24) is 10.3 Å². The van der Waals surface area contributed by atoms with E-state index < -0.39 is 0 Å². The van der Waals surface area contributed by atoms with Crippen molar-refractivity contribution in [2.45, 2.75) is 19.4 Å². The minimum Gasteiger partial charge on any atom is -0.313 e. The van der Waals surface area contributed by atoms with E-state index in [1.807, 2.05) is 19.3 Å². The lowest BCUT2D eigenvalue weighted by molar-refractivity contribution is 0.577. The molecule has 106 valence electrons. The lowest BCUT2D eigenvalue weighted by Gasteiger charge is -2.15. The van der Waals surface area contributed by atoms with E-state index in [2.05, 4.69) is 65.8 Å². The summed E-state index contributed by atoms with van der Waals surface area (Å²) < 4.78 is 0. The standard InChI is InChI=1S/C19H20N2/c1-3-18(20-2)16-9-4-8-15(13-16)17-11-5-7-14-10-6-12-21-19(14)17/h4-13,18,20H,3H2,1-2H3. The number of hydrogen-bond donors (Lipinski definition) is 1. The molecule has 0 saturated carbocycles. The lowest BCUT2D eigenvalue weighted by atomic mass is 9.97. The highest BCUT2D eigenvalue weighted by atomic mass is 14.9. The Kier molecular flexibility index (Phi) is 3.98. The first-order valence-corrected chi connectivity index (χ1v) is 7.45. The maximum Gasteiger partial charge on any atom is 0.0780 e. The molecule has 1 atom stereocenters. The van der Waals surface area contributed by atoms with Crippen molar-refractivity contribution in [1.29, 1.82) is 0 Å². The molecule has 2 aromatic carbocycles. The van der Waals surface area contributed by atoms with Gasteiger partial charge in [0.25, 0.3) is 0 Å². The second-order valence-corrected chi connectivity index (χ2v) is 5.26. The quantitative estimate of drug-likeness (QED) is 0.755. The van der Waals surface area contributed by atoms with Gasteiger partial charge in [-0.25, -0.2) is 0 Å². The molecule has 0 saturated heterocycles. The SMILES string of the molecule is CCC(NC)c1cccc(-c2cccc3cccnc23)c1. The molecule has 1 N–H and O–H groups in total. The predicted molar refractivity (Wildman–Crippen MR) is 89.3 cm³/mol. The van der Waals surface area contributed by atoms with Gasteiger partial charge in [-0.1, -0.05) is 49.4 Å². The van der Waals surface area contributed by atoms with Gasteiger partial charge in [-0.2, -0.15) is 0 Å². The topological polar surface area (TPSA) is 24.9 Å². The molecule has 3 rings (SSSR count). The zero-order valence-corrected chi connectivity index (χ0v) is 12.5. The number of benzene rings is 2. The number of pyridine rings is 1. The van der Waals surface area contributed by atoms with E-state index in [1.54, 1.807) is 0 Å². The van der Waals surface area contributed by atoms with Crippen LogP contribution in [-0.4, -0.2) is 12.0 Å². The first kappa shape index (κ1) is 13.8. The van der Waals surface area contributed by atoms with Crippen molar-refractivity contribution in [3.05, 3.63) is 66.4 Å². The van der Waals surface area contributed by atoms with Crippen molar-refractivity contribution < 1.29 is 0 Å². The highest BCUT2D eigenvalue weighted by Crippen LogP contribution is 2.29. The molecular formula is C19H20N2. The highest BCUT2D eigenvalue weighted by molar-refractivity contribution is 5.93. The molecule has 1 heterocycles. The molecular weight excluding hydrogens is 256 g/mol. The van der Waals surface area contributed by atoms with E-state index in [9.17, 15) is 0 Å². The van der Waals surface area contributed by atoms with E-state index >= 15 is 0 Å². The van der Waals surface area contributed by atoms with Crippen molar-refractivity contribution in [3.63, 3.8) is 0 Å². The molecule has 0 amide bonds. The summed E-state index contributed by atoms with van der Waals surface area (Å²) in [6, 6.07) is 19.6. The van der Waals surface area contributed by atoms with Crippen LogP contribution in [0.4, 0.5) is 0 Å². The number of hydrogen-bond acceptors (Lipinski definition) is 2. The van der Waals surface area contributed by atoms with Gasteiger partial charge < -0.3 is 5.32 Å². The van der Waals surface area contributed by atoms with E-state index in [1.165, 1.54) is 22.1 Å². The summed E-state index contributed by atoms with van der Waals surface area (Å²) in [4.78, 5) is 4.56. The average molecular weight is 276 g/mol. The van der Waals surface area contributed by atoms with Gasteiger partial charge in [0.15, 0.2) is 0 Å². The Labute approximate surface area is 125 Å². The molecule has 0 spiro atoms. The van der Waals surface area contributed by atoms with Crippen LogP contribution in [0.2, 0.25) is 0 Å². The summed E-state index contributed by atoms with van der Waals surface area (Å²) >= 11 is 0. The van der Waals surface area contributed by atoms with Crippen LogP contribution in [-0.2, 0) is 0 Å². The Morgan fingerprint density at radius 1 is 1.05 bits per heavy atom. The number of nitrogens with zero attached hydrogens (tertiary/aromatic N) is 1. The number of aromatic nitrogens is 1. The van der Waals surface area contributed by atoms with Gasteiger partial charge >= 0.3 is 0 Å². The highest BCUT2D eigenvalue weighted by Gasteiger charge is 2.09. The zero-order valence-electron chi connectivity index (χ0n) is 12.5. The van der Waals surface area contributed by atoms with E-state index in [4.69, 9.17) is 0 Å². The first-order valence-electron chi connectivity index (χ1n) is 7.45. The third kappa shape index (κ3) is 2.67. The molecule has 1 aromatic heterocycles. The van der Waals surface area contributed by atoms with Crippen LogP contribution in [0.3, 0.4) is 0 Å². The lowest BCUT2D eigenvalue weighted by Crippen LogP contribution is -2.15. The third-order valence-electron chi connectivity index (χ3n) is 3.99. The molecule has 0 aliphatic heterocycles. The molecule has 0 fully saturated rings. The van der Waals surface area contributed by atoms with Crippen LogP contribution in [0, 0.1) is 0 Å². The second kappa shape index (κ2) is 6.06. The Morgan fingerprint density at radius 2 is 1.86 bits per heavy atom. The second-order valence-electron chi connectivity index (χ2n) is 5.26. The molecule has 3 aromatic rings. The first-order chi connectivity index (χ1) is 10.3. The van der Waals surface area contributed by atoms with Crippen LogP contribution in [0.1, 0.15) is 24.9 Å². The van der Waals surface area contributed by atoms with Crippen molar-refractivity contribution >= 4 is 10.9 Å². The van der Waals surface area contributed by atoms with Gasteiger partial charge in [0.05, 0.1) is 5.52 Å². The van der Waals surface area contributed by atoms with E-state index in [0.717, 1.165) is 11.9 Å². The third-order valence-corrected chi connectivity index (χ3v) is 3.99. The monoisotopic (exact) mass is 276 g/mol. The molecule has 21 heavy (non-hydrogen) atoms. The summed E-state index contributed by atoms with van der Waals surface area (Å²) in [5.41, 5.74) is 4.81. The van der Waals surface area contributed by atoms with Gasteiger partial charge in [-0.15, -0.1) is 0 Å². The largest absolute Gasteiger partial charge is 0.313 e. The van der Waals surface area contributed by atoms with Crippen molar-refractivity contribution in [3.8, 4) is 11.1 Å². The summed E-state index contributed by atoms with van der Waals surface area (Å²) in [5.74, 6) is 0. The fourth-order valence-electron chi connectivity index (χ4n) is 2.87. The normalized spacial score (nSPS) is 12.5. The van der Waals surface area contributed by atoms with Crippen molar-refractivity contribution in [2.75, 3.05) is 7.05 Å². The molecule has 0 bridgehead atoms. The van der Waals surface area contributed by atoms with Gasteiger partial charge in [0, 0.05) is 23.2 Å². The molecule has 0 aliphatic rings. The van der Waals surface area contributed by atoms with Crippen LogP contribution in [0.25, 0.3) is 22.0 Å². The number of rotatable bonds is 4. The summed E-state index contributed by atoms with van der Waals surface area (Å²) in [7, 11) is 2.01. The smallest absolute Gasteiger partial charge is 0.0780 e. The Morgan fingerprint density at radius 3 is 2.67 bits per heavy atom. The zero-order chi connectivity index (χ0) is 14.7. The molecule has 2 nitrogen and oxygen atoms in total. The van der Waals surface area contributed by atoms with Gasteiger partial charge in [0.2, 0.25) is 0 Å². The average Bonchev–Trinajstić information content (AvgIpc) is 2.56. The maximum absolute atomic E-state index is 4.56. The predicted octanol–water partition coefficient (Wildman–Crippen LogP) is 4.57. The minimum absolute atomic E-state index is 0.396. The minimum atomic E-state index is 0.396. The van der Waals surface area contributed by atoms with Crippen molar-refractivity contribution in [2.24, 2.45) is 0 Å². The molecule has 1 unspecified atom stereocenters. The number of para-hydroxylation sites is 1. The van der Waals surface area contributed by atoms with E-state index in [-0.39, 0.29) is 0 Å². The number of nitrogens with one attached hydrogen (secondary N) is 1. The van der Waals surface area contributed by atoms with Gasteiger partial charge in [-0.05, 0) is 36.7 Å². The summed E-state index contributed by atoms with van der Waals surface area (Å²) in [6.07, 6.45) is 2.94. The van der Waals surface area contributed by atoms with Crippen LogP contribution >= 0.6 is 0 Å². The maximum atomic E-state index is 4.56. The van der Waals surface area contributed by atoms with Crippen LogP contribution in [0.5, 0.6) is 0 Å². The Bertz CT molecular complexity index is 740. The Balaban J connectivity index is 2.13. The summed E-state index contributed by atoms with van der Waals surface area (Å²) in [6.45, 7) is 2.20. The van der Waals surface area contributed by atoms with Gasteiger partial charge in [-0.3, -0.25) is 4.98 Å². The fourth-order valence-corrected chi connectivity index (χ4v) is 2.87. The fraction of sp³-hybridized carbons (Fsp3) is 0.211. The number of fused-ring (bicyclic) bond motifs is 1. The molecule has 0 radical (unpaired) electrons. The van der Waals surface area contributed by atoms with Gasteiger partial charge in [0.1, 0.15) is 0 Å². The van der Waals surface area contributed by atoms with E-state index in [0.29, 0.717) is 6.04 Å². The van der Waals surface area contributed by atoms with Crippen LogP contribution in [0.15, 0.2) is 60.8 Å². The Hall–Kier alpha value is -2.19. The van der Waals surface area contributed by atoms with Crippen LogP contribution < -0.4 is 5.32 Å². The summed E-state index contributed by atoms with van der Waals surface area (Å²) in [5, 5.41) is 4.55. The molecule has 2 heteroatoms. The molecule has 0 aliphatic carbocycles.